The van der Waals surface area contributed by atoms with Gasteiger partial charge >= 0.3 is 0 Å². The molecule has 0 unspecified atom stereocenters. The van der Waals surface area contributed by atoms with Crippen molar-refractivity contribution in [3.05, 3.63) is 36.2 Å². The van der Waals surface area contributed by atoms with Gasteiger partial charge < -0.3 is 14.9 Å². The fourth-order valence-corrected chi connectivity index (χ4v) is 4.09. The van der Waals surface area contributed by atoms with Crippen LogP contribution < -0.4 is 0 Å². The molecule has 1 amide bonds. The average molecular weight is 340 g/mol. The number of carbonyl (C=O) groups is 1. The summed E-state index contributed by atoms with van der Waals surface area (Å²) in [6.45, 7) is 4.77. The van der Waals surface area contributed by atoms with Gasteiger partial charge in [-0.2, -0.15) is 0 Å². The number of hydrogen-bond acceptors (Lipinski definition) is 5. The zero-order valence-electron chi connectivity index (χ0n) is 14.3. The molecular weight excluding hydrogens is 316 g/mol. The molecule has 132 valence electrons. The predicted octanol–water partition coefficient (Wildman–Crippen LogP) is 1.41. The first kappa shape index (κ1) is 16.4. The lowest BCUT2D eigenvalue weighted by Gasteiger charge is -2.22. The minimum atomic E-state index is 0.0231. The Hall–Kier alpha value is -2.05. The van der Waals surface area contributed by atoms with E-state index in [0.717, 1.165) is 37.2 Å². The lowest BCUT2D eigenvalue weighted by atomic mass is 9.96. The number of aliphatic hydroxyl groups excluding tert-OH is 1. The molecule has 6 heteroatoms. The topological polar surface area (TPSA) is 69.6 Å². The van der Waals surface area contributed by atoms with E-state index < -0.39 is 0 Å². The molecule has 0 aliphatic carbocycles. The Kier molecular flexibility index (Phi) is 4.63. The largest absolute Gasteiger partial charge is 0.396 e. The Balaban J connectivity index is 1.49. The van der Waals surface area contributed by atoms with Crippen LogP contribution >= 0.6 is 0 Å². The molecule has 0 saturated carbocycles. The third kappa shape index (κ3) is 3.37. The zero-order valence-corrected chi connectivity index (χ0v) is 14.3. The van der Waals surface area contributed by atoms with Crippen molar-refractivity contribution < 1.29 is 9.90 Å². The molecule has 3 heterocycles. The first-order valence-corrected chi connectivity index (χ1v) is 9.08. The highest BCUT2D eigenvalue weighted by atomic mass is 16.3. The van der Waals surface area contributed by atoms with Gasteiger partial charge in [0.1, 0.15) is 0 Å². The van der Waals surface area contributed by atoms with Crippen LogP contribution in [0.15, 0.2) is 30.6 Å². The maximum atomic E-state index is 12.9. The maximum absolute atomic E-state index is 12.9. The standard InChI is InChI=1S/C19H24N4O2/c24-13-16-12-23(11-15(16)10-22-7-1-2-8-22)19(25)14-3-4-17-18(9-14)21-6-5-20-17/h3-6,9,15-16,24H,1-2,7-8,10-13H2/t15-,16-/m0/s1. The molecule has 1 N–H and O–H groups in total. The quantitative estimate of drug-likeness (QED) is 0.911. The fraction of sp³-hybridized carbons (Fsp3) is 0.526. The maximum Gasteiger partial charge on any atom is 0.253 e. The number of amides is 1. The van der Waals surface area contributed by atoms with E-state index in [2.05, 4.69) is 14.9 Å². The summed E-state index contributed by atoms with van der Waals surface area (Å²) in [5.41, 5.74) is 2.17. The van der Waals surface area contributed by atoms with Crippen LogP contribution in [0.25, 0.3) is 11.0 Å². The number of likely N-dealkylation sites (tertiary alicyclic amines) is 2. The number of rotatable bonds is 4. The normalized spacial score (nSPS) is 24.3. The molecule has 4 rings (SSSR count). The first-order chi connectivity index (χ1) is 12.2. The van der Waals surface area contributed by atoms with Crippen molar-refractivity contribution in [3.8, 4) is 0 Å². The summed E-state index contributed by atoms with van der Waals surface area (Å²) in [7, 11) is 0. The lowest BCUT2D eigenvalue weighted by Crippen LogP contribution is -2.32. The number of hydrogen-bond donors (Lipinski definition) is 1. The van der Waals surface area contributed by atoms with Crippen LogP contribution in [0.3, 0.4) is 0 Å². The molecular formula is C19H24N4O2. The van der Waals surface area contributed by atoms with Crippen molar-refractivity contribution in [2.24, 2.45) is 11.8 Å². The van der Waals surface area contributed by atoms with E-state index >= 15 is 0 Å². The van der Waals surface area contributed by atoms with Gasteiger partial charge in [0.2, 0.25) is 0 Å². The lowest BCUT2D eigenvalue weighted by molar-refractivity contribution is 0.0779. The van der Waals surface area contributed by atoms with Gasteiger partial charge in [-0.1, -0.05) is 0 Å². The molecule has 25 heavy (non-hydrogen) atoms. The Morgan fingerprint density at radius 2 is 1.80 bits per heavy atom. The van der Waals surface area contributed by atoms with Crippen LogP contribution in [-0.2, 0) is 0 Å². The molecule has 1 aromatic heterocycles. The average Bonchev–Trinajstić information content (AvgIpc) is 3.30. The summed E-state index contributed by atoms with van der Waals surface area (Å²) >= 11 is 0. The number of aliphatic hydroxyl groups is 1. The van der Waals surface area contributed by atoms with Crippen LogP contribution in [-0.4, -0.2) is 70.1 Å². The predicted molar refractivity (Wildman–Crippen MR) is 95.2 cm³/mol. The summed E-state index contributed by atoms with van der Waals surface area (Å²) in [5, 5.41) is 9.75. The van der Waals surface area contributed by atoms with Crippen LogP contribution in [0.1, 0.15) is 23.2 Å². The molecule has 2 aromatic rings. The zero-order chi connectivity index (χ0) is 17.2. The summed E-state index contributed by atoms with van der Waals surface area (Å²) in [6, 6.07) is 5.48. The number of fused-ring (bicyclic) bond motifs is 1. The Bertz CT molecular complexity index is 760. The van der Waals surface area contributed by atoms with Crippen molar-refractivity contribution in [2.45, 2.75) is 12.8 Å². The van der Waals surface area contributed by atoms with Gasteiger partial charge in [-0.3, -0.25) is 14.8 Å². The summed E-state index contributed by atoms with van der Waals surface area (Å²) in [6.07, 6.45) is 5.81. The fourth-order valence-electron chi connectivity index (χ4n) is 4.09. The number of benzene rings is 1. The minimum Gasteiger partial charge on any atom is -0.396 e. The van der Waals surface area contributed by atoms with E-state index in [1.807, 2.05) is 23.1 Å². The molecule has 0 radical (unpaired) electrons. The number of nitrogens with zero attached hydrogens (tertiary/aromatic N) is 4. The van der Waals surface area contributed by atoms with Crippen LogP contribution in [0.5, 0.6) is 0 Å². The van der Waals surface area contributed by atoms with E-state index in [-0.39, 0.29) is 18.4 Å². The molecule has 0 spiro atoms. The van der Waals surface area contributed by atoms with Crippen LogP contribution in [0.4, 0.5) is 0 Å². The highest BCUT2D eigenvalue weighted by Gasteiger charge is 2.36. The summed E-state index contributed by atoms with van der Waals surface area (Å²) in [5.74, 6) is 0.548. The number of aromatic nitrogens is 2. The molecule has 0 bridgehead atoms. The Morgan fingerprint density at radius 3 is 2.56 bits per heavy atom. The van der Waals surface area contributed by atoms with Crippen LogP contribution in [0, 0.1) is 11.8 Å². The van der Waals surface area contributed by atoms with Crippen molar-refractivity contribution in [2.75, 3.05) is 39.3 Å². The van der Waals surface area contributed by atoms with Crippen molar-refractivity contribution >= 4 is 16.9 Å². The Morgan fingerprint density at radius 1 is 1.08 bits per heavy atom. The number of carbonyl (C=O) groups excluding carboxylic acids is 1. The molecule has 6 nitrogen and oxygen atoms in total. The summed E-state index contributed by atoms with van der Waals surface area (Å²) in [4.78, 5) is 25.8. The molecule has 2 fully saturated rings. The van der Waals surface area contributed by atoms with Gasteiger partial charge in [0, 0.05) is 50.1 Å². The third-order valence-corrected chi connectivity index (χ3v) is 5.51. The van der Waals surface area contributed by atoms with E-state index in [9.17, 15) is 9.90 Å². The van der Waals surface area contributed by atoms with Gasteiger partial charge in [0.15, 0.2) is 0 Å². The molecule has 2 atom stereocenters. The highest BCUT2D eigenvalue weighted by Crippen LogP contribution is 2.27. The van der Waals surface area contributed by atoms with Gasteiger partial charge in [-0.05, 0) is 50.0 Å². The molecule has 2 saturated heterocycles. The van der Waals surface area contributed by atoms with Gasteiger partial charge in [-0.15, -0.1) is 0 Å². The van der Waals surface area contributed by atoms with E-state index in [1.54, 1.807) is 12.4 Å². The van der Waals surface area contributed by atoms with Gasteiger partial charge in [0.05, 0.1) is 11.0 Å². The van der Waals surface area contributed by atoms with E-state index in [1.165, 1.54) is 12.8 Å². The SMILES string of the molecule is O=C(c1ccc2nccnc2c1)N1C[C@@H](CO)[C@@H](CN2CCCC2)C1. The minimum absolute atomic E-state index is 0.0231. The second-order valence-corrected chi connectivity index (χ2v) is 7.18. The van der Waals surface area contributed by atoms with E-state index in [4.69, 9.17) is 0 Å². The molecule has 2 aliphatic heterocycles. The first-order valence-electron chi connectivity index (χ1n) is 9.08. The second kappa shape index (κ2) is 7.06. The molecule has 2 aliphatic rings. The van der Waals surface area contributed by atoms with Crippen molar-refractivity contribution in [3.63, 3.8) is 0 Å². The Labute approximate surface area is 147 Å². The van der Waals surface area contributed by atoms with E-state index in [0.29, 0.717) is 18.0 Å². The van der Waals surface area contributed by atoms with Gasteiger partial charge in [0.25, 0.3) is 5.91 Å². The van der Waals surface area contributed by atoms with Crippen molar-refractivity contribution in [1.29, 1.82) is 0 Å². The smallest absolute Gasteiger partial charge is 0.253 e. The van der Waals surface area contributed by atoms with Gasteiger partial charge in [-0.25, -0.2) is 0 Å². The monoisotopic (exact) mass is 340 g/mol. The highest BCUT2D eigenvalue weighted by molar-refractivity contribution is 5.97. The molecule has 1 aromatic carbocycles. The second-order valence-electron chi connectivity index (χ2n) is 7.18. The third-order valence-electron chi connectivity index (χ3n) is 5.51. The van der Waals surface area contributed by atoms with Crippen molar-refractivity contribution in [1.82, 2.24) is 19.8 Å². The summed E-state index contributed by atoms with van der Waals surface area (Å²) < 4.78 is 0. The van der Waals surface area contributed by atoms with Crippen LogP contribution in [0.2, 0.25) is 0 Å².